The number of rotatable bonds is 3. The normalized spacial score (nSPS) is 14.9. The lowest BCUT2D eigenvalue weighted by molar-refractivity contribution is -0.112. The van der Waals surface area contributed by atoms with Gasteiger partial charge in [0.15, 0.2) is 10.8 Å². The predicted molar refractivity (Wildman–Crippen MR) is 99.2 cm³/mol. The number of anilines is 2. The topological polar surface area (TPSA) is 69.6 Å². The van der Waals surface area contributed by atoms with Crippen molar-refractivity contribution in [2.45, 2.75) is 19.9 Å². The fraction of sp³-hybridized carbons (Fsp3) is 0.176. The van der Waals surface area contributed by atoms with Crippen LogP contribution in [0.4, 0.5) is 11.4 Å². The molecule has 1 aromatic carbocycles. The van der Waals surface area contributed by atoms with E-state index in [1.165, 1.54) is 0 Å². The Kier molecular flexibility index (Phi) is 4.52. The minimum atomic E-state index is -0.136. The van der Waals surface area contributed by atoms with Crippen LogP contribution in [0.3, 0.4) is 0 Å². The quantitative estimate of drug-likeness (QED) is 0.664. The molecule has 0 radical (unpaired) electrons. The van der Waals surface area contributed by atoms with E-state index in [1.54, 1.807) is 23.4 Å². The molecule has 0 spiro atoms. The second-order valence-corrected chi connectivity index (χ2v) is 5.96. The van der Waals surface area contributed by atoms with Gasteiger partial charge >= 0.3 is 0 Å². The van der Waals surface area contributed by atoms with E-state index in [0.29, 0.717) is 10.8 Å². The maximum Gasteiger partial charge on any atom is 0.279 e. The van der Waals surface area contributed by atoms with Gasteiger partial charge in [-0.05, 0) is 44.3 Å². The lowest BCUT2D eigenvalue weighted by Crippen LogP contribution is -2.37. The van der Waals surface area contributed by atoms with E-state index in [2.05, 4.69) is 20.8 Å². The van der Waals surface area contributed by atoms with Crippen LogP contribution in [0, 0.1) is 0 Å². The summed E-state index contributed by atoms with van der Waals surface area (Å²) >= 11 is 5.21. The minimum absolute atomic E-state index is 0.0480. The lowest BCUT2D eigenvalue weighted by atomic mass is 10.1. The summed E-state index contributed by atoms with van der Waals surface area (Å²) in [5.74, 6) is -0.136. The molecule has 122 valence electrons. The van der Waals surface area contributed by atoms with Crippen molar-refractivity contribution in [1.29, 1.82) is 0 Å². The number of amides is 1. The molecule has 1 aliphatic rings. The molecule has 1 aromatic heterocycles. The number of carbonyl (C=O) groups excluding carboxylic acids is 1. The summed E-state index contributed by atoms with van der Waals surface area (Å²) in [6.45, 7) is 3.94. The molecular formula is C17H17N5OS. The zero-order valence-electron chi connectivity index (χ0n) is 13.4. The van der Waals surface area contributed by atoms with Gasteiger partial charge in [-0.3, -0.25) is 15.2 Å². The highest BCUT2D eigenvalue weighted by Crippen LogP contribution is 2.30. The van der Waals surface area contributed by atoms with Crippen molar-refractivity contribution in [3.05, 3.63) is 54.4 Å². The summed E-state index contributed by atoms with van der Waals surface area (Å²) < 4.78 is 0. The molecule has 0 fully saturated rings. The largest absolute Gasteiger partial charge is 0.330 e. The maximum absolute atomic E-state index is 12.7. The number of nitrogens with zero attached hydrogens (tertiary/aromatic N) is 3. The molecule has 2 N–H and O–H groups in total. The second-order valence-electron chi connectivity index (χ2n) is 5.55. The third-order valence-corrected chi connectivity index (χ3v) is 3.74. The number of benzene rings is 1. The number of nitrogens with one attached hydrogen (secondary N) is 2. The number of hydrogen-bond donors (Lipinski definition) is 2. The molecule has 0 atom stereocenters. The highest BCUT2D eigenvalue weighted by atomic mass is 32.1. The van der Waals surface area contributed by atoms with Gasteiger partial charge in [-0.2, -0.15) is 5.10 Å². The molecule has 3 rings (SSSR count). The van der Waals surface area contributed by atoms with Crippen molar-refractivity contribution in [3.8, 4) is 0 Å². The summed E-state index contributed by atoms with van der Waals surface area (Å²) in [4.78, 5) is 18.4. The Morgan fingerprint density at radius 1 is 1.25 bits per heavy atom. The molecule has 0 bridgehead atoms. The molecule has 0 aliphatic carbocycles. The van der Waals surface area contributed by atoms with Crippen molar-refractivity contribution >= 4 is 40.3 Å². The van der Waals surface area contributed by atoms with Gasteiger partial charge in [-0.25, -0.2) is 0 Å². The lowest BCUT2D eigenvalue weighted by Gasteiger charge is -2.20. The molecule has 7 heteroatoms. The van der Waals surface area contributed by atoms with E-state index in [1.807, 2.05) is 44.2 Å². The van der Waals surface area contributed by atoms with Crippen LogP contribution in [0.15, 0.2) is 53.9 Å². The smallest absolute Gasteiger partial charge is 0.279 e. The molecule has 6 nitrogen and oxygen atoms in total. The molecule has 0 saturated carbocycles. The first-order valence-electron chi connectivity index (χ1n) is 7.55. The van der Waals surface area contributed by atoms with Gasteiger partial charge in [0.2, 0.25) is 0 Å². The highest BCUT2D eigenvalue weighted by molar-refractivity contribution is 7.80. The van der Waals surface area contributed by atoms with E-state index in [0.717, 1.165) is 16.9 Å². The van der Waals surface area contributed by atoms with E-state index < -0.39 is 0 Å². The van der Waals surface area contributed by atoms with E-state index in [9.17, 15) is 4.79 Å². The summed E-state index contributed by atoms with van der Waals surface area (Å²) in [6.07, 6.45) is 3.33. The number of carbonyl (C=O) groups is 1. The van der Waals surface area contributed by atoms with Gasteiger partial charge in [-0.15, -0.1) is 0 Å². The van der Waals surface area contributed by atoms with Gasteiger partial charge in [0.25, 0.3) is 5.91 Å². The van der Waals surface area contributed by atoms with Crippen LogP contribution in [-0.4, -0.2) is 27.8 Å². The zero-order chi connectivity index (χ0) is 17.1. The van der Waals surface area contributed by atoms with Crippen LogP contribution >= 0.6 is 12.2 Å². The van der Waals surface area contributed by atoms with E-state index >= 15 is 0 Å². The van der Waals surface area contributed by atoms with Gasteiger partial charge < -0.3 is 10.2 Å². The van der Waals surface area contributed by atoms with Crippen molar-refractivity contribution in [2.75, 3.05) is 10.2 Å². The van der Waals surface area contributed by atoms with Crippen LogP contribution in [0.1, 0.15) is 19.4 Å². The molecule has 2 aromatic rings. The second kappa shape index (κ2) is 6.76. The first kappa shape index (κ1) is 16.1. The Morgan fingerprint density at radius 3 is 2.75 bits per heavy atom. The van der Waals surface area contributed by atoms with Crippen molar-refractivity contribution < 1.29 is 4.79 Å². The third kappa shape index (κ3) is 3.11. The molecular weight excluding hydrogens is 322 g/mol. The van der Waals surface area contributed by atoms with Crippen LogP contribution in [-0.2, 0) is 4.79 Å². The number of thiocarbonyl (C=S) groups is 1. The van der Waals surface area contributed by atoms with Crippen LogP contribution in [0.5, 0.6) is 0 Å². The van der Waals surface area contributed by atoms with Gasteiger partial charge in [-0.1, -0.05) is 18.2 Å². The summed E-state index contributed by atoms with van der Waals surface area (Å²) in [5.41, 5.74) is 5.50. The average Bonchev–Trinajstić information content (AvgIpc) is 2.85. The van der Waals surface area contributed by atoms with Crippen LogP contribution in [0.2, 0.25) is 0 Å². The Morgan fingerprint density at radius 2 is 2.04 bits per heavy atom. The highest BCUT2D eigenvalue weighted by Gasteiger charge is 2.35. The molecule has 2 heterocycles. The number of fused-ring (bicyclic) bond motifs is 1. The molecule has 0 saturated heterocycles. The SMILES string of the molecule is CC(C)N1C(=O)/C(=N\NC(=S)Nc2cccnc2)c2ccccc21. The molecule has 0 unspecified atom stereocenters. The number of pyridine rings is 1. The number of aromatic nitrogens is 1. The summed E-state index contributed by atoms with van der Waals surface area (Å²) in [5, 5.41) is 7.49. The van der Waals surface area contributed by atoms with Gasteiger partial charge in [0, 0.05) is 17.8 Å². The van der Waals surface area contributed by atoms with Gasteiger partial charge in [0.1, 0.15) is 0 Å². The zero-order valence-corrected chi connectivity index (χ0v) is 14.2. The molecule has 24 heavy (non-hydrogen) atoms. The number of hydrogen-bond acceptors (Lipinski definition) is 4. The van der Waals surface area contributed by atoms with Crippen molar-refractivity contribution in [3.63, 3.8) is 0 Å². The molecule has 1 amide bonds. The average molecular weight is 339 g/mol. The number of para-hydroxylation sites is 1. The van der Waals surface area contributed by atoms with Crippen LogP contribution in [0.25, 0.3) is 0 Å². The molecule has 1 aliphatic heterocycles. The minimum Gasteiger partial charge on any atom is -0.330 e. The van der Waals surface area contributed by atoms with E-state index in [-0.39, 0.29) is 11.9 Å². The first-order chi connectivity index (χ1) is 11.6. The number of hydrazone groups is 1. The Hall–Kier alpha value is -2.80. The van der Waals surface area contributed by atoms with Crippen LogP contribution < -0.4 is 15.6 Å². The summed E-state index contributed by atoms with van der Waals surface area (Å²) in [7, 11) is 0. The fourth-order valence-corrected chi connectivity index (χ4v) is 2.71. The Balaban J connectivity index is 1.80. The third-order valence-electron chi connectivity index (χ3n) is 3.55. The monoisotopic (exact) mass is 339 g/mol. The standard InChI is InChI=1S/C17H17N5OS/c1-11(2)22-14-8-4-3-7-13(14)15(16(22)23)20-21-17(24)19-12-6-5-9-18-10-12/h3-11H,1-2H3,(H2,19,21,24)/b20-15-. The van der Waals surface area contributed by atoms with E-state index in [4.69, 9.17) is 12.2 Å². The fourth-order valence-electron chi connectivity index (χ4n) is 2.55. The van der Waals surface area contributed by atoms with Crippen molar-refractivity contribution in [1.82, 2.24) is 10.4 Å². The van der Waals surface area contributed by atoms with Gasteiger partial charge in [0.05, 0.1) is 17.6 Å². The maximum atomic E-state index is 12.7. The Labute approximate surface area is 145 Å². The van der Waals surface area contributed by atoms with Crippen molar-refractivity contribution in [2.24, 2.45) is 5.10 Å². The summed E-state index contributed by atoms with van der Waals surface area (Å²) in [6, 6.07) is 11.3. The Bertz CT molecular complexity index is 804. The predicted octanol–water partition coefficient (Wildman–Crippen LogP) is 2.53. The first-order valence-corrected chi connectivity index (χ1v) is 7.96.